The zero-order chi connectivity index (χ0) is 15.1. The van der Waals surface area contributed by atoms with Crippen LogP contribution in [0.2, 0.25) is 0 Å². The number of thiazole rings is 1. The number of anilines is 1. The maximum atomic E-state index is 11.4. The number of benzene rings is 1. The number of hydrogen-bond acceptors (Lipinski definition) is 6. The molecule has 0 aliphatic carbocycles. The summed E-state index contributed by atoms with van der Waals surface area (Å²) in [6, 6.07) is 7.67. The Hall–Kier alpha value is -2.61. The largest absolute Gasteiger partial charge is 0.493 e. The van der Waals surface area contributed by atoms with E-state index in [-0.39, 0.29) is 11.9 Å². The summed E-state index contributed by atoms with van der Waals surface area (Å²) in [5, 5.41) is 16.4. The van der Waals surface area contributed by atoms with E-state index < -0.39 is 4.92 Å². The Morgan fingerprint density at radius 2 is 2.32 bits per heavy atom. The van der Waals surface area contributed by atoms with E-state index in [1.165, 1.54) is 15.7 Å². The van der Waals surface area contributed by atoms with Gasteiger partial charge in [-0.1, -0.05) is 29.5 Å². The summed E-state index contributed by atoms with van der Waals surface area (Å²) in [6.07, 6.45) is 2.40. The van der Waals surface area contributed by atoms with Crippen LogP contribution in [0.3, 0.4) is 0 Å². The molecule has 22 heavy (non-hydrogen) atoms. The van der Waals surface area contributed by atoms with Gasteiger partial charge in [-0.2, -0.15) is 9.38 Å². The second-order valence-corrected chi connectivity index (χ2v) is 5.84. The number of hydrogen-bond donors (Lipinski definition) is 1. The first-order valence-corrected chi connectivity index (χ1v) is 7.70. The van der Waals surface area contributed by atoms with Crippen molar-refractivity contribution in [1.29, 1.82) is 0 Å². The van der Waals surface area contributed by atoms with Crippen molar-refractivity contribution < 1.29 is 9.66 Å². The van der Waals surface area contributed by atoms with Crippen molar-refractivity contribution >= 4 is 27.9 Å². The van der Waals surface area contributed by atoms with Gasteiger partial charge in [-0.25, -0.2) is 0 Å². The molecule has 0 radical (unpaired) electrons. The van der Waals surface area contributed by atoms with Crippen molar-refractivity contribution in [2.24, 2.45) is 0 Å². The molecular weight excluding hydrogens is 304 g/mol. The number of imidazole rings is 1. The zero-order valence-corrected chi connectivity index (χ0v) is 12.2. The fraction of sp³-hybridized carbons (Fsp3) is 0.214. The third-order valence-corrected chi connectivity index (χ3v) is 4.44. The molecule has 1 atom stereocenters. The maximum Gasteiger partial charge on any atom is 0.372 e. The Morgan fingerprint density at radius 1 is 1.45 bits per heavy atom. The predicted octanol–water partition coefficient (Wildman–Crippen LogP) is 3.24. The first kappa shape index (κ1) is 13.1. The molecule has 1 aliphatic rings. The molecule has 2 aromatic heterocycles. The van der Waals surface area contributed by atoms with Gasteiger partial charge in [0.25, 0.3) is 4.96 Å². The fourth-order valence-electron chi connectivity index (χ4n) is 2.70. The number of rotatable bonds is 3. The fourth-order valence-corrected chi connectivity index (χ4v) is 3.41. The average Bonchev–Trinajstić information content (AvgIpc) is 3.07. The highest BCUT2D eigenvalue weighted by Crippen LogP contribution is 2.36. The lowest BCUT2D eigenvalue weighted by atomic mass is 10.0. The Kier molecular flexibility index (Phi) is 2.97. The molecule has 0 saturated heterocycles. The monoisotopic (exact) mass is 316 g/mol. The van der Waals surface area contributed by atoms with Gasteiger partial charge in [-0.15, -0.1) is 0 Å². The number of nitro groups is 1. The van der Waals surface area contributed by atoms with Crippen molar-refractivity contribution in [2.75, 3.05) is 11.9 Å². The molecule has 1 aromatic carbocycles. The van der Waals surface area contributed by atoms with Crippen LogP contribution in [0.25, 0.3) is 4.96 Å². The van der Waals surface area contributed by atoms with E-state index in [2.05, 4.69) is 10.3 Å². The van der Waals surface area contributed by atoms with Gasteiger partial charge in [0.15, 0.2) is 0 Å². The summed E-state index contributed by atoms with van der Waals surface area (Å²) in [7, 11) is 0. The lowest BCUT2D eigenvalue weighted by Crippen LogP contribution is -2.20. The van der Waals surface area contributed by atoms with Crippen molar-refractivity contribution in [2.45, 2.75) is 12.5 Å². The molecule has 0 amide bonds. The number of para-hydroxylation sites is 1. The quantitative estimate of drug-likeness (QED) is 0.592. The van der Waals surface area contributed by atoms with Gasteiger partial charge in [-0.05, 0) is 11.0 Å². The lowest BCUT2D eigenvalue weighted by Gasteiger charge is -2.26. The second-order valence-electron chi connectivity index (χ2n) is 4.97. The van der Waals surface area contributed by atoms with Crippen LogP contribution < -0.4 is 10.1 Å². The Morgan fingerprint density at radius 3 is 3.18 bits per heavy atom. The summed E-state index contributed by atoms with van der Waals surface area (Å²) >= 11 is 1.37. The minimum Gasteiger partial charge on any atom is -0.493 e. The number of aromatic nitrogens is 2. The van der Waals surface area contributed by atoms with E-state index >= 15 is 0 Å². The van der Waals surface area contributed by atoms with E-state index in [1.807, 2.05) is 24.3 Å². The van der Waals surface area contributed by atoms with Crippen LogP contribution in [0.5, 0.6) is 5.75 Å². The maximum absolute atomic E-state index is 11.4. The van der Waals surface area contributed by atoms with Gasteiger partial charge in [0.2, 0.25) is 5.82 Å². The molecule has 1 aliphatic heterocycles. The number of ether oxygens (including phenoxy) is 1. The van der Waals surface area contributed by atoms with E-state index in [0.717, 1.165) is 17.7 Å². The van der Waals surface area contributed by atoms with Gasteiger partial charge >= 0.3 is 5.82 Å². The molecule has 0 bridgehead atoms. The Balaban J connectivity index is 1.74. The van der Waals surface area contributed by atoms with Crippen molar-refractivity contribution in [3.63, 3.8) is 0 Å². The summed E-state index contributed by atoms with van der Waals surface area (Å²) < 4.78 is 7.11. The molecule has 112 valence electrons. The lowest BCUT2D eigenvalue weighted by molar-refractivity contribution is -0.389. The molecule has 3 aromatic rings. The highest BCUT2D eigenvalue weighted by atomic mass is 32.1. The van der Waals surface area contributed by atoms with Crippen LogP contribution in [0.1, 0.15) is 18.0 Å². The van der Waals surface area contributed by atoms with Crippen LogP contribution in [-0.4, -0.2) is 20.9 Å². The number of nitrogens with one attached hydrogen (secondary N) is 1. The molecular formula is C14H12N4O3S. The van der Waals surface area contributed by atoms with E-state index in [4.69, 9.17) is 4.74 Å². The van der Waals surface area contributed by atoms with Crippen molar-refractivity contribution in [3.05, 3.63) is 51.5 Å². The van der Waals surface area contributed by atoms with Gasteiger partial charge < -0.3 is 20.2 Å². The van der Waals surface area contributed by atoms with Crippen LogP contribution >= 0.6 is 11.3 Å². The number of nitrogens with zero attached hydrogens (tertiary/aromatic N) is 3. The second kappa shape index (κ2) is 4.99. The van der Waals surface area contributed by atoms with Crippen molar-refractivity contribution in [1.82, 2.24) is 9.38 Å². The highest BCUT2D eigenvalue weighted by Gasteiger charge is 2.28. The van der Waals surface area contributed by atoms with E-state index in [0.29, 0.717) is 17.4 Å². The van der Waals surface area contributed by atoms with Crippen LogP contribution in [0, 0.1) is 10.1 Å². The SMILES string of the molecule is O=[N+]([O-])c1c(NC2CCOc3ccccc32)nc2sccn12. The molecule has 3 heterocycles. The van der Waals surface area contributed by atoms with Gasteiger partial charge in [0, 0.05) is 17.4 Å². The first-order chi connectivity index (χ1) is 10.7. The Bertz CT molecular complexity index is 857. The average molecular weight is 316 g/mol. The summed E-state index contributed by atoms with van der Waals surface area (Å²) in [5.41, 5.74) is 0.999. The molecule has 1 N–H and O–H groups in total. The molecule has 8 heteroatoms. The number of fused-ring (bicyclic) bond motifs is 2. The van der Waals surface area contributed by atoms with E-state index in [9.17, 15) is 10.1 Å². The van der Waals surface area contributed by atoms with E-state index in [1.54, 1.807) is 11.6 Å². The normalized spacial score (nSPS) is 17.0. The third-order valence-electron chi connectivity index (χ3n) is 3.68. The third kappa shape index (κ3) is 2.00. The standard InChI is InChI=1S/C14H12N4O3S/c19-18(20)13-12(16-14-17(13)6-8-22-14)15-10-5-7-21-11-4-2-1-3-9(10)11/h1-4,6,8,10,15H,5,7H2. The van der Waals surface area contributed by atoms with Crippen LogP contribution in [-0.2, 0) is 0 Å². The van der Waals surface area contributed by atoms with Gasteiger partial charge in [0.1, 0.15) is 11.9 Å². The highest BCUT2D eigenvalue weighted by molar-refractivity contribution is 7.15. The topological polar surface area (TPSA) is 81.7 Å². The smallest absolute Gasteiger partial charge is 0.372 e. The van der Waals surface area contributed by atoms with Crippen LogP contribution in [0.15, 0.2) is 35.8 Å². The van der Waals surface area contributed by atoms with Crippen LogP contribution in [0.4, 0.5) is 11.6 Å². The summed E-state index contributed by atoms with van der Waals surface area (Å²) in [5.74, 6) is 1.09. The zero-order valence-electron chi connectivity index (χ0n) is 11.4. The Labute approximate surface area is 129 Å². The summed E-state index contributed by atoms with van der Waals surface area (Å²) in [6.45, 7) is 0.574. The molecule has 1 unspecified atom stereocenters. The molecule has 7 nitrogen and oxygen atoms in total. The minimum absolute atomic E-state index is 0.0276. The first-order valence-electron chi connectivity index (χ1n) is 6.82. The molecule has 0 spiro atoms. The molecule has 4 rings (SSSR count). The van der Waals surface area contributed by atoms with Gasteiger partial charge in [0.05, 0.1) is 12.6 Å². The van der Waals surface area contributed by atoms with Crippen molar-refractivity contribution in [3.8, 4) is 5.75 Å². The molecule has 0 fully saturated rings. The summed E-state index contributed by atoms with van der Waals surface area (Å²) in [4.78, 5) is 15.9. The minimum atomic E-state index is -0.402. The van der Waals surface area contributed by atoms with Gasteiger partial charge in [-0.3, -0.25) is 0 Å². The molecule has 0 saturated carbocycles. The predicted molar refractivity (Wildman–Crippen MR) is 82.6 cm³/mol.